The Morgan fingerprint density at radius 3 is 3.09 bits per heavy atom. The molecule has 11 heavy (non-hydrogen) atoms. The van der Waals surface area contributed by atoms with Gasteiger partial charge in [0.2, 0.25) is 0 Å². The normalized spacial score (nSPS) is 17.3. The van der Waals surface area contributed by atoms with E-state index in [9.17, 15) is 0 Å². The van der Waals surface area contributed by atoms with Gasteiger partial charge in [-0.3, -0.25) is 4.99 Å². The first-order chi connectivity index (χ1) is 5.38. The Morgan fingerprint density at radius 2 is 2.45 bits per heavy atom. The second kappa shape index (κ2) is 4.60. The SMILES string of the molecule is CCCCN1CCN=C1CCl. The second-order valence-electron chi connectivity index (χ2n) is 2.77. The molecule has 1 aliphatic heterocycles. The Bertz CT molecular complexity index is 145. The van der Waals surface area contributed by atoms with Crippen molar-refractivity contribution >= 4 is 17.4 Å². The molecule has 0 bridgehead atoms. The molecule has 0 unspecified atom stereocenters. The van der Waals surface area contributed by atoms with Crippen LogP contribution in [0, 0.1) is 0 Å². The molecule has 0 aromatic rings. The van der Waals surface area contributed by atoms with Crippen LogP contribution >= 0.6 is 11.6 Å². The number of hydrogen-bond acceptors (Lipinski definition) is 2. The zero-order chi connectivity index (χ0) is 8.10. The minimum atomic E-state index is 0.573. The van der Waals surface area contributed by atoms with Crippen molar-refractivity contribution in [1.82, 2.24) is 4.90 Å². The first-order valence-corrected chi connectivity index (χ1v) is 4.76. The lowest BCUT2D eigenvalue weighted by molar-refractivity contribution is 0.441. The molecule has 0 aromatic heterocycles. The number of halogens is 1. The fourth-order valence-corrected chi connectivity index (χ4v) is 1.50. The van der Waals surface area contributed by atoms with Gasteiger partial charge in [-0.15, -0.1) is 11.6 Å². The summed E-state index contributed by atoms with van der Waals surface area (Å²) in [6, 6.07) is 0. The maximum Gasteiger partial charge on any atom is 0.114 e. The first-order valence-electron chi connectivity index (χ1n) is 4.22. The van der Waals surface area contributed by atoms with E-state index in [-0.39, 0.29) is 0 Å². The summed E-state index contributed by atoms with van der Waals surface area (Å²) in [6.45, 7) is 5.34. The fraction of sp³-hybridized carbons (Fsp3) is 0.875. The summed E-state index contributed by atoms with van der Waals surface area (Å²) in [6.07, 6.45) is 2.49. The molecule has 0 aromatic carbocycles. The summed E-state index contributed by atoms with van der Waals surface area (Å²) < 4.78 is 0. The molecule has 0 amide bonds. The Labute approximate surface area is 73.2 Å². The topological polar surface area (TPSA) is 15.6 Å². The molecule has 3 heteroatoms. The highest BCUT2D eigenvalue weighted by Crippen LogP contribution is 2.04. The van der Waals surface area contributed by atoms with Crippen LogP contribution in [0.3, 0.4) is 0 Å². The maximum atomic E-state index is 5.71. The third-order valence-corrected chi connectivity index (χ3v) is 2.17. The van der Waals surface area contributed by atoms with Gasteiger partial charge in [0.25, 0.3) is 0 Å². The molecule has 0 spiro atoms. The lowest BCUT2D eigenvalue weighted by Gasteiger charge is -2.17. The molecule has 1 aliphatic rings. The standard InChI is InChI=1S/C8H15ClN2/c1-2-3-5-11-6-4-10-8(11)7-9/h2-7H2,1H3. The van der Waals surface area contributed by atoms with Crippen molar-refractivity contribution in [2.24, 2.45) is 4.99 Å². The van der Waals surface area contributed by atoms with Crippen molar-refractivity contribution in [3.8, 4) is 0 Å². The summed E-state index contributed by atoms with van der Waals surface area (Å²) in [5, 5.41) is 0. The van der Waals surface area contributed by atoms with Crippen molar-refractivity contribution in [1.29, 1.82) is 0 Å². The summed E-state index contributed by atoms with van der Waals surface area (Å²) in [7, 11) is 0. The molecule has 0 N–H and O–H groups in total. The van der Waals surface area contributed by atoms with Crippen LogP contribution in [0.5, 0.6) is 0 Å². The molecule has 0 fully saturated rings. The van der Waals surface area contributed by atoms with E-state index in [1.54, 1.807) is 0 Å². The Hall–Kier alpha value is -0.240. The van der Waals surface area contributed by atoms with Crippen LogP contribution < -0.4 is 0 Å². The van der Waals surface area contributed by atoms with Gasteiger partial charge in [0, 0.05) is 13.1 Å². The van der Waals surface area contributed by atoms with Gasteiger partial charge in [-0.25, -0.2) is 0 Å². The minimum Gasteiger partial charge on any atom is -0.358 e. The molecule has 0 atom stereocenters. The summed E-state index contributed by atoms with van der Waals surface area (Å²) >= 11 is 5.71. The van der Waals surface area contributed by atoms with E-state index in [2.05, 4.69) is 16.8 Å². The van der Waals surface area contributed by atoms with Gasteiger partial charge in [-0.05, 0) is 6.42 Å². The van der Waals surface area contributed by atoms with Gasteiger partial charge in [0.05, 0.1) is 12.4 Å². The smallest absolute Gasteiger partial charge is 0.114 e. The van der Waals surface area contributed by atoms with E-state index in [0.717, 1.165) is 25.5 Å². The number of aliphatic imine (C=N–C) groups is 1. The van der Waals surface area contributed by atoms with Crippen molar-refractivity contribution in [3.63, 3.8) is 0 Å². The van der Waals surface area contributed by atoms with Crippen LogP contribution in [0.4, 0.5) is 0 Å². The number of hydrogen-bond donors (Lipinski definition) is 0. The molecule has 1 rings (SSSR count). The fourth-order valence-electron chi connectivity index (χ4n) is 1.25. The summed E-state index contributed by atoms with van der Waals surface area (Å²) in [5.74, 6) is 1.66. The van der Waals surface area contributed by atoms with Gasteiger partial charge in [-0.2, -0.15) is 0 Å². The van der Waals surface area contributed by atoms with Crippen molar-refractivity contribution < 1.29 is 0 Å². The van der Waals surface area contributed by atoms with Crippen molar-refractivity contribution in [2.45, 2.75) is 19.8 Å². The molecule has 1 heterocycles. The highest BCUT2D eigenvalue weighted by molar-refractivity contribution is 6.28. The molecular formula is C8H15ClN2. The summed E-state index contributed by atoms with van der Waals surface area (Å²) in [4.78, 5) is 6.59. The third-order valence-electron chi connectivity index (χ3n) is 1.93. The highest BCUT2D eigenvalue weighted by Gasteiger charge is 2.13. The average Bonchev–Trinajstić information content (AvgIpc) is 2.47. The molecule has 0 saturated carbocycles. The largest absolute Gasteiger partial charge is 0.358 e. The molecule has 0 radical (unpaired) electrons. The number of alkyl halides is 1. The zero-order valence-corrected chi connectivity index (χ0v) is 7.77. The number of nitrogens with zero attached hydrogens (tertiary/aromatic N) is 2. The van der Waals surface area contributed by atoms with Crippen molar-refractivity contribution in [2.75, 3.05) is 25.5 Å². The quantitative estimate of drug-likeness (QED) is 0.593. The molecule has 64 valence electrons. The van der Waals surface area contributed by atoms with Gasteiger partial charge in [-0.1, -0.05) is 13.3 Å². The zero-order valence-electron chi connectivity index (χ0n) is 7.02. The lowest BCUT2D eigenvalue weighted by Crippen LogP contribution is -2.29. The van der Waals surface area contributed by atoms with E-state index < -0.39 is 0 Å². The first kappa shape index (κ1) is 8.85. The van der Waals surface area contributed by atoms with Crippen molar-refractivity contribution in [3.05, 3.63) is 0 Å². The van der Waals surface area contributed by atoms with E-state index >= 15 is 0 Å². The lowest BCUT2D eigenvalue weighted by atomic mass is 10.3. The van der Waals surface area contributed by atoms with E-state index in [1.807, 2.05) is 0 Å². The maximum absolute atomic E-state index is 5.71. The molecular weight excluding hydrogens is 160 g/mol. The van der Waals surface area contributed by atoms with E-state index in [4.69, 9.17) is 11.6 Å². The van der Waals surface area contributed by atoms with E-state index in [0.29, 0.717) is 5.88 Å². The Kier molecular flexibility index (Phi) is 3.70. The average molecular weight is 175 g/mol. The predicted molar refractivity (Wildman–Crippen MR) is 49.5 cm³/mol. The Morgan fingerprint density at radius 1 is 1.64 bits per heavy atom. The minimum absolute atomic E-state index is 0.573. The summed E-state index contributed by atoms with van der Waals surface area (Å²) in [5.41, 5.74) is 0. The van der Waals surface area contributed by atoms with Gasteiger partial charge in [0.1, 0.15) is 5.84 Å². The number of rotatable bonds is 4. The monoisotopic (exact) mass is 174 g/mol. The van der Waals surface area contributed by atoms with Crippen LogP contribution in [-0.2, 0) is 0 Å². The molecule has 0 aliphatic carbocycles. The van der Waals surface area contributed by atoms with Gasteiger partial charge < -0.3 is 4.90 Å². The van der Waals surface area contributed by atoms with E-state index in [1.165, 1.54) is 12.8 Å². The molecule has 2 nitrogen and oxygen atoms in total. The predicted octanol–water partition coefficient (Wildman–Crippen LogP) is 1.74. The van der Waals surface area contributed by atoms with Crippen LogP contribution in [0.1, 0.15) is 19.8 Å². The van der Waals surface area contributed by atoms with Crippen LogP contribution in [0.25, 0.3) is 0 Å². The van der Waals surface area contributed by atoms with Gasteiger partial charge in [0.15, 0.2) is 0 Å². The van der Waals surface area contributed by atoms with Crippen LogP contribution in [-0.4, -0.2) is 36.2 Å². The number of amidine groups is 1. The molecule has 0 saturated heterocycles. The number of unbranched alkanes of at least 4 members (excludes halogenated alkanes) is 1. The van der Waals surface area contributed by atoms with Crippen LogP contribution in [0.2, 0.25) is 0 Å². The van der Waals surface area contributed by atoms with Crippen LogP contribution in [0.15, 0.2) is 4.99 Å². The second-order valence-corrected chi connectivity index (χ2v) is 3.04. The highest BCUT2D eigenvalue weighted by atomic mass is 35.5. The third kappa shape index (κ3) is 2.37. The Balaban J connectivity index is 2.28. The van der Waals surface area contributed by atoms with Gasteiger partial charge >= 0.3 is 0 Å².